The summed E-state index contributed by atoms with van der Waals surface area (Å²) in [6.45, 7) is 2.64. The number of aryl methyl sites for hydroxylation is 1. The van der Waals surface area contributed by atoms with Crippen LogP contribution in [-0.4, -0.2) is 18.3 Å². The van der Waals surface area contributed by atoms with Crippen LogP contribution in [0.5, 0.6) is 0 Å². The molecule has 1 N–H and O–H groups in total. The highest BCUT2D eigenvalue weighted by Gasteiger charge is 2.31. The monoisotopic (exact) mass is 357 g/mol. The standard InChI is InChI=1S/C16H21BrClNO/c1-12-5-6-13(17)9-14(12)15(20)19-11-16(10-18)7-3-2-4-8-16/h5-6,9H,2-4,7-8,10-11H2,1H3,(H,19,20). The molecule has 1 saturated carbocycles. The first kappa shape index (κ1) is 15.8. The van der Waals surface area contributed by atoms with Gasteiger partial charge in [-0.1, -0.05) is 41.3 Å². The summed E-state index contributed by atoms with van der Waals surface area (Å²) in [4.78, 5) is 12.3. The van der Waals surface area contributed by atoms with Crippen LogP contribution < -0.4 is 5.32 Å². The molecule has 1 aromatic rings. The Kier molecular flexibility index (Phi) is 5.50. The Labute approximate surface area is 134 Å². The zero-order valence-electron chi connectivity index (χ0n) is 11.8. The summed E-state index contributed by atoms with van der Waals surface area (Å²) in [7, 11) is 0. The number of alkyl halides is 1. The Morgan fingerprint density at radius 3 is 2.70 bits per heavy atom. The third-order valence-corrected chi connectivity index (χ3v) is 5.33. The lowest BCUT2D eigenvalue weighted by Crippen LogP contribution is -2.40. The maximum absolute atomic E-state index is 12.3. The molecule has 0 aliphatic heterocycles. The molecule has 1 aliphatic carbocycles. The first-order valence-electron chi connectivity index (χ1n) is 7.17. The molecular weight excluding hydrogens is 338 g/mol. The van der Waals surface area contributed by atoms with E-state index in [0.717, 1.165) is 28.4 Å². The Balaban J connectivity index is 2.02. The van der Waals surface area contributed by atoms with E-state index in [0.29, 0.717) is 12.4 Å². The zero-order chi connectivity index (χ0) is 14.6. The molecule has 0 heterocycles. The molecule has 0 unspecified atom stereocenters. The minimum Gasteiger partial charge on any atom is -0.351 e. The molecule has 0 saturated heterocycles. The maximum atomic E-state index is 12.3. The van der Waals surface area contributed by atoms with E-state index in [-0.39, 0.29) is 11.3 Å². The number of amides is 1. The van der Waals surface area contributed by atoms with E-state index in [1.54, 1.807) is 0 Å². The quantitative estimate of drug-likeness (QED) is 0.778. The molecule has 4 heteroatoms. The summed E-state index contributed by atoms with van der Waals surface area (Å²) in [5.74, 6) is 0.629. The van der Waals surface area contributed by atoms with Gasteiger partial charge in [0.1, 0.15) is 0 Å². The van der Waals surface area contributed by atoms with Crippen LogP contribution in [0, 0.1) is 12.3 Å². The molecule has 2 nitrogen and oxygen atoms in total. The predicted octanol–water partition coefficient (Wildman–Crippen LogP) is 4.68. The second kappa shape index (κ2) is 6.95. The molecule has 2 rings (SSSR count). The van der Waals surface area contributed by atoms with Crippen LogP contribution in [0.2, 0.25) is 0 Å². The van der Waals surface area contributed by atoms with Gasteiger partial charge in [0.25, 0.3) is 5.91 Å². The van der Waals surface area contributed by atoms with Crippen LogP contribution in [0.3, 0.4) is 0 Å². The van der Waals surface area contributed by atoms with Gasteiger partial charge in [0.15, 0.2) is 0 Å². The third kappa shape index (κ3) is 3.76. The van der Waals surface area contributed by atoms with Crippen LogP contribution in [0.15, 0.2) is 22.7 Å². The number of rotatable bonds is 4. The van der Waals surface area contributed by atoms with Crippen molar-refractivity contribution >= 4 is 33.4 Å². The summed E-state index contributed by atoms with van der Waals surface area (Å²) in [6.07, 6.45) is 5.97. The number of halogens is 2. The summed E-state index contributed by atoms with van der Waals surface area (Å²) >= 11 is 9.58. The maximum Gasteiger partial charge on any atom is 0.251 e. The molecule has 20 heavy (non-hydrogen) atoms. The number of benzene rings is 1. The van der Waals surface area contributed by atoms with Gasteiger partial charge in [0, 0.05) is 27.9 Å². The van der Waals surface area contributed by atoms with Crippen LogP contribution in [0.4, 0.5) is 0 Å². The molecule has 0 atom stereocenters. The highest BCUT2D eigenvalue weighted by atomic mass is 79.9. The fourth-order valence-corrected chi connectivity index (χ4v) is 3.58. The van der Waals surface area contributed by atoms with E-state index in [2.05, 4.69) is 21.2 Å². The van der Waals surface area contributed by atoms with Gasteiger partial charge in [-0.25, -0.2) is 0 Å². The smallest absolute Gasteiger partial charge is 0.251 e. The Morgan fingerprint density at radius 2 is 2.05 bits per heavy atom. The first-order chi connectivity index (χ1) is 9.56. The van der Waals surface area contributed by atoms with Crippen molar-refractivity contribution in [3.05, 3.63) is 33.8 Å². The Morgan fingerprint density at radius 1 is 1.35 bits per heavy atom. The van der Waals surface area contributed by atoms with Crippen molar-refractivity contribution in [2.45, 2.75) is 39.0 Å². The molecule has 1 aromatic carbocycles. The topological polar surface area (TPSA) is 29.1 Å². The van der Waals surface area contributed by atoms with Crippen molar-refractivity contribution in [1.82, 2.24) is 5.32 Å². The number of carbonyl (C=O) groups is 1. The van der Waals surface area contributed by atoms with Crippen molar-refractivity contribution < 1.29 is 4.79 Å². The first-order valence-corrected chi connectivity index (χ1v) is 8.49. The number of nitrogens with one attached hydrogen (secondary N) is 1. The largest absolute Gasteiger partial charge is 0.351 e. The summed E-state index contributed by atoms with van der Waals surface area (Å²) in [6, 6.07) is 5.78. The van der Waals surface area contributed by atoms with Gasteiger partial charge >= 0.3 is 0 Å². The van der Waals surface area contributed by atoms with E-state index in [1.165, 1.54) is 19.3 Å². The molecule has 0 spiro atoms. The van der Waals surface area contributed by atoms with E-state index >= 15 is 0 Å². The average Bonchev–Trinajstić information content (AvgIpc) is 2.48. The molecule has 110 valence electrons. The second-order valence-corrected chi connectivity index (χ2v) is 7.02. The predicted molar refractivity (Wildman–Crippen MR) is 87.5 cm³/mol. The zero-order valence-corrected chi connectivity index (χ0v) is 14.2. The van der Waals surface area contributed by atoms with Gasteiger partial charge in [-0.3, -0.25) is 4.79 Å². The number of carbonyl (C=O) groups excluding carboxylic acids is 1. The molecule has 0 bridgehead atoms. The van der Waals surface area contributed by atoms with E-state index in [1.807, 2.05) is 25.1 Å². The molecule has 1 amide bonds. The molecule has 0 aromatic heterocycles. The van der Waals surface area contributed by atoms with Gasteiger partial charge in [0.2, 0.25) is 0 Å². The summed E-state index contributed by atoms with van der Waals surface area (Å²) in [5, 5.41) is 3.08. The molecule has 1 fully saturated rings. The normalized spacial score (nSPS) is 17.8. The van der Waals surface area contributed by atoms with Gasteiger partial charge in [-0.2, -0.15) is 0 Å². The van der Waals surface area contributed by atoms with E-state index in [4.69, 9.17) is 11.6 Å². The molecule has 1 aliphatic rings. The van der Waals surface area contributed by atoms with Crippen molar-refractivity contribution in [3.8, 4) is 0 Å². The Bertz CT molecular complexity index is 483. The van der Waals surface area contributed by atoms with Crippen LogP contribution in [-0.2, 0) is 0 Å². The van der Waals surface area contributed by atoms with Crippen molar-refractivity contribution in [1.29, 1.82) is 0 Å². The number of hydrogen-bond acceptors (Lipinski definition) is 1. The minimum atomic E-state index is -0.00105. The van der Waals surface area contributed by atoms with E-state index < -0.39 is 0 Å². The summed E-state index contributed by atoms with van der Waals surface area (Å²) < 4.78 is 0.929. The average molecular weight is 359 g/mol. The lowest BCUT2D eigenvalue weighted by Gasteiger charge is -2.35. The number of hydrogen-bond donors (Lipinski definition) is 1. The van der Waals surface area contributed by atoms with Crippen LogP contribution in [0.25, 0.3) is 0 Å². The van der Waals surface area contributed by atoms with Gasteiger partial charge < -0.3 is 5.32 Å². The molecule has 0 radical (unpaired) electrons. The molecular formula is C16H21BrClNO. The fraction of sp³-hybridized carbons (Fsp3) is 0.562. The fourth-order valence-electron chi connectivity index (χ4n) is 2.86. The highest BCUT2D eigenvalue weighted by Crippen LogP contribution is 2.36. The van der Waals surface area contributed by atoms with Gasteiger partial charge in [0.05, 0.1) is 0 Å². The Hall–Kier alpha value is -0.540. The van der Waals surface area contributed by atoms with Crippen LogP contribution >= 0.6 is 27.5 Å². The third-order valence-electron chi connectivity index (χ3n) is 4.27. The van der Waals surface area contributed by atoms with Crippen LogP contribution in [0.1, 0.15) is 48.0 Å². The van der Waals surface area contributed by atoms with Crippen molar-refractivity contribution in [2.24, 2.45) is 5.41 Å². The minimum absolute atomic E-state index is 0.00105. The van der Waals surface area contributed by atoms with Crippen molar-refractivity contribution in [2.75, 3.05) is 12.4 Å². The lowest BCUT2D eigenvalue weighted by molar-refractivity contribution is 0.0920. The van der Waals surface area contributed by atoms with Crippen molar-refractivity contribution in [3.63, 3.8) is 0 Å². The van der Waals surface area contributed by atoms with E-state index in [9.17, 15) is 4.79 Å². The summed E-state index contributed by atoms with van der Waals surface area (Å²) in [5.41, 5.74) is 1.82. The van der Waals surface area contributed by atoms with Gasteiger partial charge in [-0.05, 0) is 37.5 Å². The van der Waals surface area contributed by atoms with Gasteiger partial charge in [-0.15, -0.1) is 11.6 Å². The lowest BCUT2D eigenvalue weighted by atomic mass is 9.75. The SMILES string of the molecule is Cc1ccc(Br)cc1C(=O)NCC1(CCl)CCCCC1. The second-order valence-electron chi connectivity index (χ2n) is 5.84. The highest BCUT2D eigenvalue weighted by molar-refractivity contribution is 9.10.